The predicted octanol–water partition coefficient (Wildman–Crippen LogP) is 3.07. The van der Waals surface area contributed by atoms with Gasteiger partial charge in [-0.1, -0.05) is 25.1 Å². The Labute approximate surface area is 160 Å². The van der Waals surface area contributed by atoms with Crippen LogP contribution in [0.2, 0.25) is 0 Å². The van der Waals surface area contributed by atoms with E-state index in [2.05, 4.69) is 5.32 Å². The van der Waals surface area contributed by atoms with Gasteiger partial charge in [-0.2, -0.15) is 0 Å². The van der Waals surface area contributed by atoms with E-state index in [0.717, 1.165) is 16.5 Å². The number of nitrogens with zero attached hydrogens (tertiary/aromatic N) is 2. The number of pyridine rings is 1. The molecular weight excluding hydrogens is 342 g/mol. The number of aromatic nitrogens is 1. The third kappa shape index (κ3) is 5.26. The second-order valence-electron chi connectivity index (χ2n) is 6.82. The number of fused-ring (bicyclic) bond motifs is 1. The number of ether oxygens (including phenoxy) is 1. The van der Waals surface area contributed by atoms with Gasteiger partial charge in [0.2, 0.25) is 5.91 Å². The summed E-state index contributed by atoms with van der Waals surface area (Å²) in [7, 11) is 0. The number of nitrogens with one attached hydrogen (secondary N) is 1. The fourth-order valence-electron chi connectivity index (χ4n) is 3.09. The van der Waals surface area contributed by atoms with Gasteiger partial charge in [0.25, 0.3) is 0 Å². The van der Waals surface area contributed by atoms with E-state index in [1.54, 1.807) is 6.92 Å². The molecule has 1 heterocycles. The first kappa shape index (κ1) is 20.8. The van der Waals surface area contributed by atoms with Crippen molar-refractivity contribution < 1.29 is 14.3 Å². The highest BCUT2D eigenvalue weighted by atomic mass is 16.5. The lowest BCUT2D eigenvalue weighted by molar-refractivity contribution is -0.122. The molecule has 0 unspecified atom stereocenters. The summed E-state index contributed by atoms with van der Waals surface area (Å²) in [4.78, 5) is 31.4. The predicted molar refractivity (Wildman–Crippen MR) is 107 cm³/mol. The quantitative estimate of drug-likeness (QED) is 0.722. The highest BCUT2D eigenvalue weighted by Crippen LogP contribution is 2.24. The molecule has 1 aromatic heterocycles. The van der Waals surface area contributed by atoms with Crippen molar-refractivity contribution in [3.63, 3.8) is 0 Å². The first-order valence-electron chi connectivity index (χ1n) is 9.44. The van der Waals surface area contributed by atoms with Gasteiger partial charge >= 0.3 is 5.97 Å². The maximum Gasteiger partial charge on any atom is 0.340 e. The number of hydrogen-bond donors (Lipinski definition) is 1. The van der Waals surface area contributed by atoms with Crippen molar-refractivity contribution >= 4 is 22.8 Å². The Morgan fingerprint density at radius 1 is 1.22 bits per heavy atom. The van der Waals surface area contributed by atoms with Crippen LogP contribution < -0.4 is 5.32 Å². The summed E-state index contributed by atoms with van der Waals surface area (Å²) in [6.07, 6.45) is 0. The van der Waals surface area contributed by atoms with Crippen molar-refractivity contribution in [3.05, 3.63) is 41.1 Å². The second kappa shape index (κ2) is 9.46. The first-order chi connectivity index (χ1) is 12.9. The molecule has 1 amide bonds. The molecule has 0 aliphatic heterocycles. The zero-order valence-electron chi connectivity index (χ0n) is 16.8. The molecule has 27 heavy (non-hydrogen) atoms. The minimum Gasteiger partial charge on any atom is -0.462 e. The summed E-state index contributed by atoms with van der Waals surface area (Å²) >= 11 is 0. The Kier molecular flexibility index (Phi) is 7.30. The summed E-state index contributed by atoms with van der Waals surface area (Å²) in [5, 5.41) is 3.83. The van der Waals surface area contributed by atoms with Crippen molar-refractivity contribution in [1.29, 1.82) is 0 Å². The number of aryl methyl sites for hydroxylation is 1. The van der Waals surface area contributed by atoms with E-state index in [1.807, 2.05) is 56.9 Å². The number of amides is 1. The van der Waals surface area contributed by atoms with Crippen LogP contribution in [-0.4, -0.2) is 47.5 Å². The molecule has 0 saturated carbocycles. The molecule has 0 saturated heterocycles. The van der Waals surface area contributed by atoms with Gasteiger partial charge in [0.05, 0.1) is 29.9 Å². The Bertz CT molecular complexity index is 818. The van der Waals surface area contributed by atoms with Gasteiger partial charge < -0.3 is 10.1 Å². The molecule has 0 fully saturated rings. The lowest BCUT2D eigenvalue weighted by Crippen LogP contribution is -2.40. The van der Waals surface area contributed by atoms with E-state index in [4.69, 9.17) is 9.72 Å². The molecule has 1 aromatic carbocycles. The summed E-state index contributed by atoms with van der Waals surface area (Å²) in [5.41, 5.74) is 2.83. The first-order valence-corrected chi connectivity index (χ1v) is 9.44. The standard InChI is InChI=1S/C21H29N3O3/c1-6-24(13-19(25)22-14(3)4)12-18-20(21(26)27-7-2)15(5)16-10-8-9-11-17(16)23-18/h8-11,14H,6-7,12-13H2,1-5H3,(H,22,25). The molecule has 0 aliphatic carbocycles. The van der Waals surface area contributed by atoms with Crippen molar-refractivity contribution in [1.82, 2.24) is 15.2 Å². The van der Waals surface area contributed by atoms with Gasteiger partial charge in [-0.3, -0.25) is 14.7 Å². The minimum atomic E-state index is -0.370. The van der Waals surface area contributed by atoms with Crippen LogP contribution in [-0.2, 0) is 16.1 Å². The van der Waals surface area contributed by atoms with Crippen LogP contribution in [0.15, 0.2) is 24.3 Å². The molecule has 6 heteroatoms. The second-order valence-corrected chi connectivity index (χ2v) is 6.82. The largest absolute Gasteiger partial charge is 0.462 e. The Hall–Kier alpha value is -2.47. The number of carbonyl (C=O) groups is 2. The Morgan fingerprint density at radius 3 is 2.56 bits per heavy atom. The van der Waals surface area contributed by atoms with Crippen LogP contribution in [0.5, 0.6) is 0 Å². The average Bonchev–Trinajstić information content (AvgIpc) is 2.60. The van der Waals surface area contributed by atoms with Gasteiger partial charge in [0, 0.05) is 18.0 Å². The molecule has 0 bridgehead atoms. The summed E-state index contributed by atoms with van der Waals surface area (Å²) in [5.74, 6) is -0.409. The van der Waals surface area contributed by atoms with E-state index in [-0.39, 0.29) is 24.5 Å². The monoisotopic (exact) mass is 371 g/mol. The maximum absolute atomic E-state index is 12.6. The highest BCUT2D eigenvalue weighted by Gasteiger charge is 2.22. The van der Waals surface area contributed by atoms with Gasteiger partial charge in [-0.15, -0.1) is 0 Å². The summed E-state index contributed by atoms with van der Waals surface area (Å²) in [6.45, 7) is 11.2. The molecule has 2 rings (SSSR count). The van der Waals surface area contributed by atoms with Crippen LogP contribution in [0.1, 0.15) is 49.3 Å². The van der Waals surface area contributed by atoms with E-state index >= 15 is 0 Å². The van der Waals surface area contributed by atoms with Crippen molar-refractivity contribution in [2.24, 2.45) is 0 Å². The summed E-state index contributed by atoms with van der Waals surface area (Å²) in [6, 6.07) is 7.84. The topological polar surface area (TPSA) is 71.5 Å². The Morgan fingerprint density at radius 2 is 1.93 bits per heavy atom. The molecule has 6 nitrogen and oxygen atoms in total. The van der Waals surface area contributed by atoms with Gasteiger partial charge in [0.1, 0.15) is 0 Å². The number of likely N-dealkylation sites (N-methyl/N-ethyl adjacent to an activating group) is 1. The van der Waals surface area contributed by atoms with Crippen molar-refractivity contribution in [2.75, 3.05) is 19.7 Å². The number of rotatable bonds is 8. The maximum atomic E-state index is 12.6. The number of hydrogen-bond acceptors (Lipinski definition) is 5. The molecule has 1 N–H and O–H groups in total. The van der Waals surface area contributed by atoms with E-state index in [9.17, 15) is 9.59 Å². The third-order valence-corrected chi connectivity index (χ3v) is 4.34. The lowest BCUT2D eigenvalue weighted by atomic mass is 10.0. The Balaban J connectivity index is 2.40. The lowest BCUT2D eigenvalue weighted by Gasteiger charge is -2.22. The smallest absolute Gasteiger partial charge is 0.340 e. The van der Waals surface area contributed by atoms with Gasteiger partial charge in [-0.25, -0.2) is 4.79 Å². The normalized spacial score (nSPS) is 11.2. The molecule has 0 atom stereocenters. The third-order valence-electron chi connectivity index (χ3n) is 4.34. The molecular formula is C21H29N3O3. The van der Waals surface area contributed by atoms with Crippen LogP contribution in [0.3, 0.4) is 0 Å². The highest BCUT2D eigenvalue weighted by molar-refractivity contribution is 5.98. The number of para-hydroxylation sites is 1. The number of carbonyl (C=O) groups excluding carboxylic acids is 2. The zero-order valence-corrected chi connectivity index (χ0v) is 16.8. The molecule has 0 aliphatic rings. The molecule has 2 aromatic rings. The van der Waals surface area contributed by atoms with Crippen LogP contribution in [0.4, 0.5) is 0 Å². The fraction of sp³-hybridized carbons (Fsp3) is 0.476. The fourth-order valence-corrected chi connectivity index (χ4v) is 3.09. The number of esters is 1. The van der Waals surface area contributed by atoms with Gasteiger partial charge in [0.15, 0.2) is 0 Å². The van der Waals surface area contributed by atoms with E-state index < -0.39 is 0 Å². The SMILES string of the molecule is CCOC(=O)c1c(CN(CC)CC(=O)NC(C)C)nc2ccccc2c1C. The van der Waals surface area contributed by atoms with E-state index in [1.165, 1.54) is 0 Å². The van der Waals surface area contributed by atoms with Crippen molar-refractivity contribution in [2.45, 2.75) is 47.2 Å². The minimum absolute atomic E-state index is 0.0398. The zero-order chi connectivity index (χ0) is 20.0. The molecule has 0 radical (unpaired) electrons. The summed E-state index contributed by atoms with van der Waals surface area (Å²) < 4.78 is 5.27. The number of benzene rings is 1. The van der Waals surface area contributed by atoms with Crippen LogP contribution in [0, 0.1) is 6.92 Å². The molecule has 0 spiro atoms. The van der Waals surface area contributed by atoms with Crippen LogP contribution >= 0.6 is 0 Å². The van der Waals surface area contributed by atoms with E-state index in [0.29, 0.717) is 31.0 Å². The van der Waals surface area contributed by atoms with Crippen molar-refractivity contribution in [3.8, 4) is 0 Å². The molecule has 146 valence electrons. The van der Waals surface area contributed by atoms with Gasteiger partial charge in [-0.05, 0) is 45.9 Å². The van der Waals surface area contributed by atoms with Crippen LogP contribution in [0.25, 0.3) is 10.9 Å². The average molecular weight is 371 g/mol.